The molecule has 0 atom stereocenters. The van der Waals surface area contributed by atoms with Gasteiger partial charge in [-0.1, -0.05) is 24.3 Å². The zero-order valence-corrected chi connectivity index (χ0v) is 14.5. The van der Waals surface area contributed by atoms with Gasteiger partial charge in [0.15, 0.2) is 0 Å². The summed E-state index contributed by atoms with van der Waals surface area (Å²) in [5, 5.41) is 10.4. The molecule has 0 aliphatic rings. The standard InChI is InChI=1S/C20H19FN2O3/c1-25-19-11-10-17(12-14-6-8-16(21)9-7-14)22-20(19)15-4-3-5-18(13-15)23(24)26-2/h3-11,13,24H,12H2,1-2H3. The topological polar surface area (TPSA) is 54.8 Å². The zero-order chi connectivity index (χ0) is 18.5. The second-order valence-corrected chi connectivity index (χ2v) is 5.66. The third-order valence-electron chi connectivity index (χ3n) is 3.95. The van der Waals surface area contributed by atoms with Gasteiger partial charge in [-0.2, -0.15) is 0 Å². The summed E-state index contributed by atoms with van der Waals surface area (Å²) < 4.78 is 18.5. The van der Waals surface area contributed by atoms with Crippen LogP contribution in [0.25, 0.3) is 11.3 Å². The lowest BCUT2D eigenvalue weighted by Gasteiger charge is -2.15. The Morgan fingerprint density at radius 3 is 2.50 bits per heavy atom. The first-order valence-electron chi connectivity index (χ1n) is 8.02. The fourth-order valence-corrected chi connectivity index (χ4v) is 2.65. The Balaban J connectivity index is 1.96. The van der Waals surface area contributed by atoms with Crippen LogP contribution in [0, 0.1) is 5.82 Å². The highest BCUT2D eigenvalue weighted by Crippen LogP contribution is 2.31. The molecule has 0 aliphatic heterocycles. The summed E-state index contributed by atoms with van der Waals surface area (Å²) in [6.45, 7) is 0. The van der Waals surface area contributed by atoms with Gasteiger partial charge < -0.3 is 4.74 Å². The molecule has 0 unspecified atom stereocenters. The van der Waals surface area contributed by atoms with Crippen molar-refractivity contribution in [3.05, 3.63) is 77.7 Å². The number of ether oxygens (including phenoxy) is 1. The molecule has 6 heteroatoms. The lowest BCUT2D eigenvalue weighted by atomic mass is 10.1. The van der Waals surface area contributed by atoms with E-state index in [9.17, 15) is 9.60 Å². The van der Waals surface area contributed by atoms with Crippen LogP contribution in [0.2, 0.25) is 0 Å². The average molecular weight is 354 g/mol. The highest BCUT2D eigenvalue weighted by molar-refractivity contribution is 5.70. The molecule has 0 spiro atoms. The quantitative estimate of drug-likeness (QED) is 0.671. The third kappa shape index (κ3) is 3.99. The van der Waals surface area contributed by atoms with E-state index in [0.717, 1.165) is 16.8 Å². The molecule has 1 aromatic heterocycles. The van der Waals surface area contributed by atoms with Gasteiger partial charge >= 0.3 is 0 Å². The molecule has 0 saturated carbocycles. The van der Waals surface area contributed by atoms with E-state index in [0.29, 0.717) is 28.8 Å². The van der Waals surface area contributed by atoms with Crippen LogP contribution in [0.3, 0.4) is 0 Å². The van der Waals surface area contributed by atoms with Crippen molar-refractivity contribution in [2.24, 2.45) is 0 Å². The summed E-state index contributed by atoms with van der Waals surface area (Å²) in [7, 11) is 2.95. The lowest BCUT2D eigenvalue weighted by molar-refractivity contribution is -0.0109. The minimum atomic E-state index is -0.263. The van der Waals surface area contributed by atoms with Crippen molar-refractivity contribution < 1.29 is 19.2 Å². The molecule has 26 heavy (non-hydrogen) atoms. The highest BCUT2D eigenvalue weighted by Gasteiger charge is 2.12. The van der Waals surface area contributed by atoms with Crippen LogP contribution in [0.4, 0.5) is 10.1 Å². The Morgan fingerprint density at radius 1 is 1.04 bits per heavy atom. The summed E-state index contributed by atoms with van der Waals surface area (Å²) in [6.07, 6.45) is 0.571. The first-order chi connectivity index (χ1) is 12.6. The van der Waals surface area contributed by atoms with Crippen molar-refractivity contribution in [2.75, 3.05) is 19.4 Å². The van der Waals surface area contributed by atoms with E-state index >= 15 is 0 Å². The van der Waals surface area contributed by atoms with Crippen LogP contribution in [0.15, 0.2) is 60.7 Å². The van der Waals surface area contributed by atoms with Crippen LogP contribution in [-0.2, 0) is 11.3 Å². The maximum Gasteiger partial charge on any atom is 0.145 e. The van der Waals surface area contributed by atoms with Gasteiger partial charge in [0.2, 0.25) is 0 Å². The van der Waals surface area contributed by atoms with Crippen molar-refractivity contribution in [1.29, 1.82) is 0 Å². The van der Waals surface area contributed by atoms with Crippen LogP contribution < -0.4 is 9.96 Å². The number of aromatic nitrogens is 1. The molecule has 0 amide bonds. The second-order valence-electron chi connectivity index (χ2n) is 5.66. The second kappa shape index (κ2) is 7.95. The molecule has 5 nitrogen and oxygen atoms in total. The minimum Gasteiger partial charge on any atom is -0.494 e. The molecular formula is C20H19FN2O3. The molecule has 0 radical (unpaired) electrons. The van der Waals surface area contributed by atoms with Gasteiger partial charge in [-0.05, 0) is 42.0 Å². The largest absolute Gasteiger partial charge is 0.494 e. The molecule has 2 aromatic carbocycles. The van der Waals surface area contributed by atoms with Crippen LogP contribution in [0.5, 0.6) is 5.75 Å². The van der Waals surface area contributed by atoms with E-state index < -0.39 is 0 Å². The van der Waals surface area contributed by atoms with Crippen molar-refractivity contribution in [1.82, 2.24) is 4.98 Å². The Bertz CT molecular complexity index is 884. The number of pyridine rings is 1. The average Bonchev–Trinajstić information content (AvgIpc) is 2.69. The first kappa shape index (κ1) is 17.8. The Hall–Kier alpha value is -2.96. The first-order valence-corrected chi connectivity index (χ1v) is 8.02. The van der Waals surface area contributed by atoms with Gasteiger partial charge in [0, 0.05) is 17.7 Å². The molecule has 3 rings (SSSR count). The number of benzene rings is 2. The van der Waals surface area contributed by atoms with Crippen molar-refractivity contribution in [3.63, 3.8) is 0 Å². The molecule has 0 bridgehead atoms. The maximum atomic E-state index is 13.1. The van der Waals surface area contributed by atoms with Gasteiger partial charge in [-0.3, -0.25) is 10.0 Å². The van der Waals surface area contributed by atoms with Crippen LogP contribution in [0.1, 0.15) is 11.3 Å². The smallest absolute Gasteiger partial charge is 0.145 e. The molecule has 134 valence electrons. The van der Waals surface area contributed by atoms with Gasteiger partial charge in [-0.25, -0.2) is 9.37 Å². The number of methoxy groups -OCH3 is 1. The molecule has 1 N–H and O–H groups in total. The monoisotopic (exact) mass is 354 g/mol. The molecule has 0 fully saturated rings. The Kier molecular flexibility index (Phi) is 5.46. The normalized spacial score (nSPS) is 10.6. The van der Waals surface area contributed by atoms with E-state index in [4.69, 9.17) is 14.6 Å². The van der Waals surface area contributed by atoms with Gasteiger partial charge in [0.05, 0.1) is 19.9 Å². The number of hydrogen-bond acceptors (Lipinski definition) is 5. The summed E-state index contributed by atoms with van der Waals surface area (Å²) in [6, 6.07) is 17.2. The van der Waals surface area contributed by atoms with Crippen molar-refractivity contribution in [2.45, 2.75) is 6.42 Å². The van der Waals surface area contributed by atoms with E-state index in [2.05, 4.69) is 0 Å². The lowest BCUT2D eigenvalue weighted by Crippen LogP contribution is -2.15. The summed E-state index contributed by atoms with van der Waals surface area (Å²) >= 11 is 0. The fourth-order valence-electron chi connectivity index (χ4n) is 2.65. The molecule has 0 saturated heterocycles. The molecular weight excluding hydrogens is 335 g/mol. The van der Waals surface area contributed by atoms with Crippen molar-refractivity contribution >= 4 is 5.69 Å². The highest BCUT2D eigenvalue weighted by atomic mass is 19.1. The molecule has 1 heterocycles. The number of nitrogens with zero attached hydrogens (tertiary/aromatic N) is 2. The number of rotatable bonds is 6. The zero-order valence-electron chi connectivity index (χ0n) is 14.5. The maximum absolute atomic E-state index is 13.1. The third-order valence-corrected chi connectivity index (χ3v) is 3.95. The summed E-state index contributed by atoms with van der Waals surface area (Å²) in [4.78, 5) is 9.50. The van der Waals surface area contributed by atoms with Gasteiger partial charge in [0.1, 0.15) is 17.3 Å². The summed E-state index contributed by atoms with van der Waals surface area (Å²) in [5.74, 6) is 0.354. The van der Waals surface area contributed by atoms with E-state index in [1.54, 1.807) is 37.4 Å². The Labute approximate surface area is 151 Å². The number of anilines is 1. The van der Waals surface area contributed by atoms with Crippen LogP contribution in [-0.4, -0.2) is 24.4 Å². The predicted octanol–water partition coefficient (Wildman–Crippen LogP) is 4.24. The van der Waals surface area contributed by atoms with E-state index in [1.807, 2.05) is 18.2 Å². The summed E-state index contributed by atoms with van der Waals surface area (Å²) in [5.41, 5.74) is 3.68. The molecule has 3 aromatic rings. The minimum absolute atomic E-state index is 0.263. The fraction of sp³-hybridized carbons (Fsp3) is 0.150. The SMILES string of the molecule is COc1ccc(Cc2ccc(F)cc2)nc1-c1cccc(N(O)OC)c1. The van der Waals surface area contributed by atoms with E-state index in [-0.39, 0.29) is 5.82 Å². The Morgan fingerprint density at radius 2 is 1.81 bits per heavy atom. The number of halogens is 1. The predicted molar refractivity (Wildman–Crippen MR) is 96.7 cm³/mol. The van der Waals surface area contributed by atoms with Gasteiger partial charge in [0.25, 0.3) is 0 Å². The van der Waals surface area contributed by atoms with Crippen LogP contribution >= 0.6 is 0 Å². The molecule has 0 aliphatic carbocycles. The van der Waals surface area contributed by atoms with Gasteiger partial charge in [-0.15, -0.1) is 5.23 Å². The van der Waals surface area contributed by atoms with Crippen molar-refractivity contribution in [3.8, 4) is 17.0 Å². The number of hydrogen-bond donors (Lipinski definition) is 1. The van der Waals surface area contributed by atoms with E-state index in [1.165, 1.54) is 19.2 Å².